The Morgan fingerprint density at radius 3 is 2.44 bits per heavy atom. The number of nitrogens with zero attached hydrogens (tertiary/aromatic N) is 1. The van der Waals surface area contributed by atoms with Crippen molar-refractivity contribution in [1.82, 2.24) is 10.2 Å². The van der Waals surface area contributed by atoms with Crippen molar-refractivity contribution >= 4 is 23.9 Å². The van der Waals surface area contributed by atoms with E-state index in [-0.39, 0.29) is 36.2 Å². The molecule has 0 aromatic heterocycles. The maximum Gasteiger partial charge on any atom is 0.340 e. The molecule has 8 nitrogen and oxygen atoms in total. The van der Waals surface area contributed by atoms with Crippen molar-refractivity contribution in [2.75, 3.05) is 40.0 Å². The van der Waals surface area contributed by atoms with Crippen LogP contribution in [-0.2, 0) is 30.3 Å². The molecule has 1 aliphatic heterocycles. The molecule has 0 spiro atoms. The van der Waals surface area contributed by atoms with Gasteiger partial charge in [0.2, 0.25) is 0 Å². The standard InChI is InChI=1S/C28H32N2O6/c1-4-35-28(33)26-20(2)30(16-17-34-3)27(32)24(26)18-22-10-12-23(13-11-22)36-19-25(31)29-15-14-21-8-6-5-7-9-21/h5-13,18H,4,14-17,19H2,1-3H3,(H,29,31)/b24-18-. The number of rotatable bonds is 12. The highest BCUT2D eigenvalue weighted by molar-refractivity contribution is 6.16. The lowest BCUT2D eigenvalue weighted by atomic mass is 10.0. The summed E-state index contributed by atoms with van der Waals surface area (Å²) in [6.45, 7) is 4.77. The zero-order valence-electron chi connectivity index (χ0n) is 20.9. The molecule has 0 aliphatic carbocycles. The minimum atomic E-state index is -0.534. The Kier molecular flexibility index (Phi) is 9.82. The number of methoxy groups -OCH3 is 1. The lowest BCUT2D eigenvalue weighted by Crippen LogP contribution is -2.30. The Morgan fingerprint density at radius 1 is 1.06 bits per heavy atom. The summed E-state index contributed by atoms with van der Waals surface area (Å²) in [4.78, 5) is 39.2. The highest BCUT2D eigenvalue weighted by Gasteiger charge is 2.36. The zero-order chi connectivity index (χ0) is 25.9. The van der Waals surface area contributed by atoms with E-state index in [0.717, 1.165) is 12.0 Å². The number of benzene rings is 2. The fourth-order valence-corrected chi connectivity index (χ4v) is 3.80. The lowest BCUT2D eigenvalue weighted by molar-refractivity contribution is -0.138. The highest BCUT2D eigenvalue weighted by Crippen LogP contribution is 2.31. The quantitative estimate of drug-likeness (QED) is 0.361. The van der Waals surface area contributed by atoms with Gasteiger partial charge >= 0.3 is 5.97 Å². The maximum absolute atomic E-state index is 13.1. The van der Waals surface area contributed by atoms with Crippen LogP contribution in [0.25, 0.3) is 6.08 Å². The van der Waals surface area contributed by atoms with Crippen LogP contribution < -0.4 is 10.1 Å². The predicted octanol–water partition coefficient (Wildman–Crippen LogP) is 3.13. The summed E-state index contributed by atoms with van der Waals surface area (Å²) in [7, 11) is 1.56. The van der Waals surface area contributed by atoms with E-state index < -0.39 is 5.97 Å². The van der Waals surface area contributed by atoms with E-state index in [1.807, 2.05) is 30.3 Å². The molecule has 1 N–H and O–H groups in total. The van der Waals surface area contributed by atoms with E-state index in [2.05, 4.69) is 5.32 Å². The molecule has 0 unspecified atom stereocenters. The summed E-state index contributed by atoms with van der Waals surface area (Å²) in [6.07, 6.45) is 2.41. The van der Waals surface area contributed by atoms with E-state index in [1.54, 1.807) is 51.3 Å². The monoisotopic (exact) mass is 492 g/mol. The van der Waals surface area contributed by atoms with E-state index >= 15 is 0 Å². The molecule has 1 heterocycles. The largest absolute Gasteiger partial charge is 0.484 e. The third-order valence-corrected chi connectivity index (χ3v) is 5.65. The molecule has 36 heavy (non-hydrogen) atoms. The Balaban J connectivity index is 1.61. The number of carbonyl (C=O) groups is 3. The first-order valence-corrected chi connectivity index (χ1v) is 11.9. The van der Waals surface area contributed by atoms with Crippen molar-refractivity contribution < 1.29 is 28.6 Å². The van der Waals surface area contributed by atoms with Crippen LogP contribution in [0, 0.1) is 0 Å². The van der Waals surface area contributed by atoms with Gasteiger partial charge in [0.25, 0.3) is 11.8 Å². The predicted molar refractivity (Wildman–Crippen MR) is 136 cm³/mol. The van der Waals surface area contributed by atoms with Crippen LogP contribution in [-0.4, -0.2) is 62.7 Å². The van der Waals surface area contributed by atoms with Gasteiger partial charge in [-0.2, -0.15) is 0 Å². The van der Waals surface area contributed by atoms with Gasteiger partial charge in [0.1, 0.15) is 5.75 Å². The zero-order valence-corrected chi connectivity index (χ0v) is 20.9. The number of nitrogens with one attached hydrogen (secondary N) is 1. The maximum atomic E-state index is 13.1. The normalized spacial score (nSPS) is 14.4. The van der Waals surface area contributed by atoms with Gasteiger partial charge in [0, 0.05) is 25.9 Å². The smallest absolute Gasteiger partial charge is 0.340 e. The fraction of sp³-hybridized carbons (Fsp3) is 0.321. The number of hydrogen-bond donors (Lipinski definition) is 1. The van der Waals surface area contributed by atoms with Crippen molar-refractivity contribution in [3.05, 3.63) is 82.6 Å². The van der Waals surface area contributed by atoms with Gasteiger partial charge in [0.15, 0.2) is 6.61 Å². The van der Waals surface area contributed by atoms with Crippen molar-refractivity contribution in [3.8, 4) is 5.75 Å². The summed E-state index contributed by atoms with van der Waals surface area (Å²) in [5.74, 6) is -0.496. The summed E-state index contributed by atoms with van der Waals surface area (Å²) in [6, 6.07) is 16.9. The molecule has 190 valence electrons. The van der Waals surface area contributed by atoms with E-state index in [0.29, 0.717) is 36.7 Å². The molecule has 0 saturated heterocycles. The van der Waals surface area contributed by atoms with Crippen molar-refractivity contribution in [2.24, 2.45) is 0 Å². The van der Waals surface area contributed by atoms with Crippen molar-refractivity contribution in [2.45, 2.75) is 20.3 Å². The molecule has 1 aliphatic rings. The number of carbonyl (C=O) groups excluding carboxylic acids is 3. The van der Waals surface area contributed by atoms with E-state index in [9.17, 15) is 14.4 Å². The van der Waals surface area contributed by atoms with Gasteiger partial charge in [-0.1, -0.05) is 42.5 Å². The van der Waals surface area contributed by atoms with Gasteiger partial charge < -0.3 is 24.4 Å². The van der Waals surface area contributed by atoms with Crippen LogP contribution in [0.3, 0.4) is 0 Å². The second-order valence-corrected chi connectivity index (χ2v) is 8.13. The van der Waals surface area contributed by atoms with Crippen LogP contribution in [0.5, 0.6) is 5.75 Å². The third kappa shape index (κ3) is 7.05. The van der Waals surface area contributed by atoms with Crippen LogP contribution in [0.4, 0.5) is 0 Å². The van der Waals surface area contributed by atoms with Crippen LogP contribution in [0.1, 0.15) is 25.0 Å². The number of allylic oxidation sites excluding steroid dienone is 1. The molecule has 0 radical (unpaired) electrons. The van der Waals surface area contributed by atoms with Gasteiger partial charge in [-0.25, -0.2) is 4.79 Å². The Hall–Kier alpha value is -3.91. The van der Waals surface area contributed by atoms with Crippen LogP contribution >= 0.6 is 0 Å². The van der Waals surface area contributed by atoms with Gasteiger partial charge in [0.05, 0.1) is 24.4 Å². The average Bonchev–Trinajstić information content (AvgIpc) is 3.11. The highest BCUT2D eigenvalue weighted by atomic mass is 16.5. The van der Waals surface area contributed by atoms with Gasteiger partial charge in [-0.15, -0.1) is 0 Å². The molecule has 0 fully saturated rings. The molecule has 0 atom stereocenters. The summed E-state index contributed by atoms with van der Waals surface area (Å²) in [5.41, 5.74) is 2.93. The molecule has 0 bridgehead atoms. The SMILES string of the molecule is CCOC(=O)C1=C(C)N(CCOC)C(=O)/C1=C\c1ccc(OCC(=O)NCCc2ccccc2)cc1. The Morgan fingerprint density at radius 2 is 1.78 bits per heavy atom. The number of amides is 2. The van der Waals surface area contributed by atoms with Crippen molar-refractivity contribution in [3.63, 3.8) is 0 Å². The summed E-state index contributed by atoms with van der Waals surface area (Å²) in [5, 5.41) is 2.84. The van der Waals surface area contributed by atoms with Crippen molar-refractivity contribution in [1.29, 1.82) is 0 Å². The summed E-state index contributed by atoms with van der Waals surface area (Å²) >= 11 is 0. The topological polar surface area (TPSA) is 94.2 Å². The van der Waals surface area contributed by atoms with E-state index in [4.69, 9.17) is 14.2 Å². The molecule has 2 aromatic rings. The molecule has 2 amide bonds. The second kappa shape index (κ2) is 13.3. The number of hydrogen-bond acceptors (Lipinski definition) is 6. The first-order valence-electron chi connectivity index (χ1n) is 11.9. The van der Waals surface area contributed by atoms with E-state index in [1.165, 1.54) is 4.90 Å². The molecular weight excluding hydrogens is 460 g/mol. The second-order valence-electron chi connectivity index (χ2n) is 8.13. The van der Waals surface area contributed by atoms with Crippen LogP contribution in [0.2, 0.25) is 0 Å². The minimum Gasteiger partial charge on any atom is -0.484 e. The van der Waals surface area contributed by atoms with Gasteiger partial charge in [-0.3, -0.25) is 9.59 Å². The van der Waals surface area contributed by atoms with Crippen LogP contribution in [0.15, 0.2) is 71.4 Å². The number of ether oxygens (including phenoxy) is 3. The van der Waals surface area contributed by atoms with Gasteiger partial charge in [-0.05, 0) is 49.6 Å². The Labute approximate surface area is 211 Å². The minimum absolute atomic E-state index is 0.100. The fourth-order valence-electron chi connectivity index (χ4n) is 3.80. The molecular formula is C28H32N2O6. The number of esters is 1. The molecule has 3 rings (SSSR count). The average molecular weight is 493 g/mol. The third-order valence-electron chi connectivity index (χ3n) is 5.65. The Bertz CT molecular complexity index is 1120. The summed E-state index contributed by atoms with van der Waals surface area (Å²) < 4.78 is 15.9. The molecule has 0 saturated carbocycles. The molecule has 8 heteroatoms. The first-order chi connectivity index (χ1) is 17.4. The first kappa shape index (κ1) is 26.7. The molecule has 2 aromatic carbocycles. The lowest BCUT2D eigenvalue weighted by Gasteiger charge is -2.16.